The minimum atomic E-state index is -0.206. The SMILES string of the molecule is COc1ccc(N2C(=S)N[C@H](c3ccccn3)[C@H]2c2cccn2-c2ccc(C)cn2)c(OC)c1. The monoisotopic (exact) mass is 471 g/mol. The summed E-state index contributed by atoms with van der Waals surface area (Å²) in [6, 6.07) is 19.5. The van der Waals surface area contributed by atoms with Crippen molar-refractivity contribution in [1.82, 2.24) is 19.9 Å². The zero-order valence-corrected chi connectivity index (χ0v) is 20.0. The lowest BCUT2D eigenvalue weighted by Gasteiger charge is -2.30. The van der Waals surface area contributed by atoms with E-state index in [0.717, 1.165) is 28.5 Å². The third-order valence-electron chi connectivity index (χ3n) is 5.97. The largest absolute Gasteiger partial charge is 0.497 e. The van der Waals surface area contributed by atoms with E-state index < -0.39 is 0 Å². The number of hydrogen-bond donors (Lipinski definition) is 1. The van der Waals surface area contributed by atoms with Crippen molar-refractivity contribution >= 4 is 23.0 Å². The van der Waals surface area contributed by atoms with Gasteiger partial charge in [0.05, 0.1) is 31.6 Å². The van der Waals surface area contributed by atoms with Gasteiger partial charge in [0.15, 0.2) is 5.11 Å². The lowest BCUT2D eigenvalue weighted by atomic mass is 10.0. The topological polar surface area (TPSA) is 64.4 Å². The maximum Gasteiger partial charge on any atom is 0.174 e. The Hall–Kier alpha value is -3.91. The summed E-state index contributed by atoms with van der Waals surface area (Å²) in [6.07, 6.45) is 5.69. The van der Waals surface area contributed by atoms with Crippen LogP contribution in [0.2, 0.25) is 0 Å². The second-order valence-corrected chi connectivity index (χ2v) is 8.42. The van der Waals surface area contributed by atoms with Gasteiger partial charge < -0.3 is 24.3 Å². The molecule has 34 heavy (non-hydrogen) atoms. The van der Waals surface area contributed by atoms with E-state index in [1.54, 1.807) is 20.4 Å². The van der Waals surface area contributed by atoms with Crippen LogP contribution in [-0.2, 0) is 0 Å². The lowest BCUT2D eigenvalue weighted by Crippen LogP contribution is -2.30. The van der Waals surface area contributed by atoms with Crippen molar-refractivity contribution in [2.24, 2.45) is 0 Å². The Bertz CT molecular complexity index is 1310. The van der Waals surface area contributed by atoms with E-state index in [1.165, 1.54) is 0 Å². The number of nitrogens with one attached hydrogen (secondary N) is 1. The molecule has 7 nitrogen and oxygen atoms in total. The molecule has 1 aromatic carbocycles. The van der Waals surface area contributed by atoms with Gasteiger partial charge in [0.2, 0.25) is 0 Å². The molecule has 0 bridgehead atoms. The average molecular weight is 472 g/mol. The Balaban J connectivity index is 1.68. The summed E-state index contributed by atoms with van der Waals surface area (Å²) in [5.74, 6) is 2.22. The highest BCUT2D eigenvalue weighted by molar-refractivity contribution is 7.80. The first-order chi connectivity index (χ1) is 16.6. The highest BCUT2D eigenvalue weighted by Crippen LogP contribution is 2.45. The molecule has 0 spiro atoms. The van der Waals surface area contributed by atoms with Gasteiger partial charge >= 0.3 is 0 Å². The molecule has 1 N–H and O–H groups in total. The Kier molecular flexibility index (Phi) is 5.90. The van der Waals surface area contributed by atoms with Gasteiger partial charge in [0.1, 0.15) is 23.4 Å². The first-order valence-corrected chi connectivity index (χ1v) is 11.3. The molecule has 3 aromatic heterocycles. The molecule has 1 saturated heterocycles. The van der Waals surface area contributed by atoms with E-state index in [2.05, 4.69) is 36.9 Å². The van der Waals surface area contributed by atoms with Crippen molar-refractivity contribution in [2.75, 3.05) is 19.1 Å². The molecule has 2 atom stereocenters. The Morgan fingerprint density at radius 3 is 2.56 bits per heavy atom. The second-order valence-electron chi connectivity index (χ2n) is 8.03. The maximum absolute atomic E-state index is 5.87. The normalized spacial score (nSPS) is 17.5. The van der Waals surface area contributed by atoms with E-state index in [1.807, 2.05) is 67.8 Å². The van der Waals surface area contributed by atoms with Crippen molar-refractivity contribution in [3.63, 3.8) is 0 Å². The first-order valence-electron chi connectivity index (χ1n) is 10.9. The molecule has 0 amide bonds. The quantitative estimate of drug-likeness (QED) is 0.407. The molecule has 4 heterocycles. The van der Waals surface area contributed by atoms with Crippen LogP contribution in [0.5, 0.6) is 11.5 Å². The summed E-state index contributed by atoms with van der Waals surface area (Å²) >= 11 is 5.87. The van der Waals surface area contributed by atoms with Crippen molar-refractivity contribution in [2.45, 2.75) is 19.0 Å². The van der Waals surface area contributed by atoms with Crippen LogP contribution >= 0.6 is 12.2 Å². The van der Waals surface area contributed by atoms with Crippen LogP contribution in [0.3, 0.4) is 0 Å². The molecule has 0 aliphatic carbocycles. The van der Waals surface area contributed by atoms with Crippen molar-refractivity contribution in [3.05, 3.63) is 96.2 Å². The number of hydrogen-bond acceptors (Lipinski definition) is 5. The van der Waals surface area contributed by atoms with Gasteiger partial charge in [-0.1, -0.05) is 12.1 Å². The smallest absolute Gasteiger partial charge is 0.174 e. The molecule has 4 aromatic rings. The number of ether oxygens (including phenoxy) is 2. The number of nitrogens with zero attached hydrogens (tertiary/aromatic N) is 4. The minimum Gasteiger partial charge on any atom is -0.497 e. The first kappa shape index (κ1) is 21.9. The number of rotatable bonds is 6. The van der Waals surface area contributed by atoms with Gasteiger partial charge in [0.25, 0.3) is 0 Å². The molecular formula is C26H25N5O2S. The molecule has 0 radical (unpaired) electrons. The fraction of sp³-hybridized carbons (Fsp3) is 0.192. The van der Waals surface area contributed by atoms with Crippen LogP contribution in [0.1, 0.15) is 29.0 Å². The third-order valence-corrected chi connectivity index (χ3v) is 6.28. The maximum atomic E-state index is 5.87. The molecule has 5 rings (SSSR count). The molecule has 8 heteroatoms. The van der Waals surface area contributed by atoms with Crippen LogP contribution in [0.4, 0.5) is 5.69 Å². The Morgan fingerprint density at radius 1 is 0.971 bits per heavy atom. The zero-order valence-electron chi connectivity index (χ0n) is 19.2. The van der Waals surface area contributed by atoms with Crippen LogP contribution < -0.4 is 19.7 Å². The van der Waals surface area contributed by atoms with Crippen molar-refractivity contribution in [3.8, 4) is 17.3 Å². The van der Waals surface area contributed by atoms with Gasteiger partial charge in [-0.25, -0.2) is 4.98 Å². The van der Waals surface area contributed by atoms with Crippen molar-refractivity contribution < 1.29 is 9.47 Å². The Labute approximate surface area is 204 Å². The van der Waals surface area contributed by atoms with Crippen LogP contribution in [0.15, 0.2) is 79.3 Å². The molecule has 1 fully saturated rings. The van der Waals surface area contributed by atoms with Gasteiger partial charge in [-0.3, -0.25) is 4.98 Å². The van der Waals surface area contributed by atoms with E-state index in [9.17, 15) is 0 Å². The number of aryl methyl sites for hydroxylation is 1. The number of aromatic nitrogens is 3. The van der Waals surface area contributed by atoms with Gasteiger partial charge in [-0.2, -0.15) is 0 Å². The summed E-state index contributed by atoms with van der Waals surface area (Å²) < 4.78 is 13.2. The molecule has 172 valence electrons. The summed E-state index contributed by atoms with van der Waals surface area (Å²) in [4.78, 5) is 11.4. The summed E-state index contributed by atoms with van der Waals surface area (Å²) in [6.45, 7) is 2.03. The third kappa shape index (κ3) is 3.86. The van der Waals surface area contributed by atoms with Crippen molar-refractivity contribution in [1.29, 1.82) is 0 Å². The molecule has 0 saturated carbocycles. The molecule has 0 unspecified atom stereocenters. The predicted molar refractivity (Wildman–Crippen MR) is 136 cm³/mol. The van der Waals surface area contributed by atoms with Crippen LogP contribution in [0.25, 0.3) is 5.82 Å². The summed E-state index contributed by atoms with van der Waals surface area (Å²) in [7, 11) is 3.28. The standard InChI is InChI=1S/C26H25N5O2S/c1-17-9-12-23(28-16-17)30-14-6-8-21(30)25-24(19-7-4-5-13-27-19)29-26(34)31(25)20-11-10-18(32-2)15-22(20)33-3/h4-16,24-25H,1-3H3,(H,29,34)/t24-,25-/m1/s1. The summed E-state index contributed by atoms with van der Waals surface area (Å²) in [5, 5.41) is 4.09. The van der Waals surface area contributed by atoms with Gasteiger partial charge in [-0.05, 0) is 67.2 Å². The molecule has 1 aliphatic heterocycles. The van der Waals surface area contributed by atoms with E-state index >= 15 is 0 Å². The summed E-state index contributed by atoms with van der Waals surface area (Å²) in [5.41, 5.74) is 3.87. The number of thiocarbonyl (C=S) groups is 1. The lowest BCUT2D eigenvalue weighted by molar-refractivity contribution is 0.394. The number of pyridine rings is 2. The van der Waals surface area contributed by atoms with E-state index in [4.69, 9.17) is 21.7 Å². The second kappa shape index (κ2) is 9.15. The highest BCUT2D eigenvalue weighted by atomic mass is 32.1. The Morgan fingerprint density at radius 2 is 1.85 bits per heavy atom. The van der Waals surface area contributed by atoms with E-state index in [-0.39, 0.29) is 12.1 Å². The van der Waals surface area contributed by atoms with E-state index in [0.29, 0.717) is 16.6 Å². The fourth-order valence-electron chi connectivity index (χ4n) is 4.35. The van der Waals surface area contributed by atoms with Gasteiger partial charge in [0, 0.05) is 30.4 Å². The number of anilines is 1. The molecular weight excluding hydrogens is 446 g/mol. The van der Waals surface area contributed by atoms with Gasteiger partial charge in [-0.15, -0.1) is 0 Å². The minimum absolute atomic E-state index is 0.181. The highest BCUT2D eigenvalue weighted by Gasteiger charge is 2.43. The zero-order chi connectivity index (χ0) is 23.7. The number of benzene rings is 1. The predicted octanol–water partition coefficient (Wildman–Crippen LogP) is 4.77. The molecule has 1 aliphatic rings. The van der Waals surface area contributed by atoms with Crippen LogP contribution in [0, 0.1) is 6.92 Å². The number of methoxy groups -OCH3 is 2. The van der Waals surface area contributed by atoms with Crippen LogP contribution in [-0.4, -0.2) is 33.9 Å². The fourth-order valence-corrected chi connectivity index (χ4v) is 4.68. The average Bonchev–Trinajstić information content (AvgIpc) is 3.49.